The van der Waals surface area contributed by atoms with E-state index < -0.39 is 0 Å². The monoisotopic (exact) mass is 290 g/mol. The number of benzene rings is 1. The molecule has 1 amide bonds. The van der Waals surface area contributed by atoms with E-state index in [4.69, 9.17) is 0 Å². The van der Waals surface area contributed by atoms with Crippen molar-refractivity contribution in [2.24, 2.45) is 11.3 Å². The van der Waals surface area contributed by atoms with Crippen LogP contribution in [0.5, 0.6) is 0 Å². The van der Waals surface area contributed by atoms with Crippen LogP contribution in [0.3, 0.4) is 0 Å². The van der Waals surface area contributed by atoms with Gasteiger partial charge >= 0.3 is 0 Å². The molecule has 0 aliphatic heterocycles. The van der Waals surface area contributed by atoms with Crippen LogP contribution in [-0.4, -0.2) is 12.5 Å². The van der Waals surface area contributed by atoms with Crippen LogP contribution in [0.4, 0.5) is 5.69 Å². The number of rotatable bonds is 7. The molecule has 1 unspecified atom stereocenters. The first-order valence-electron chi connectivity index (χ1n) is 7.89. The SMILES string of the molecule is CCNCc1ccc(NC(=O)CC(C)CC(C)(C)C)cc1. The van der Waals surface area contributed by atoms with E-state index in [9.17, 15) is 4.79 Å². The summed E-state index contributed by atoms with van der Waals surface area (Å²) in [6.45, 7) is 12.7. The lowest BCUT2D eigenvalue weighted by Crippen LogP contribution is -2.19. The van der Waals surface area contributed by atoms with E-state index in [2.05, 4.69) is 57.4 Å². The molecule has 1 rings (SSSR count). The van der Waals surface area contributed by atoms with Crippen molar-refractivity contribution in [1.82, 2.24) is 5.32 Å². The largest absolute Gasteiger partial charge is 0.326 e. The van der Waals surface area contributed by atoms with Crippen LogP contribution in [-0.2, 0) is 11.3 Å². The molecule has 0 bridgehead atoms. The van der Waals surface area contributed by atoms with Crippen LogP contribution in [0.25, 0.3) is 0 Å². The quantitative estimate of drug-likeness (QED) is 0.790. The molecule has 0 aliphatic rings. The maximum atomic E-state index is 12.0. The van der Waals surface area contributed by atoms with Gasteiger partial charge in [-0.05, 0) is 42.0 Å². The number of carbonyl (C=O) groups excluding carboxylic acids is 1. The minimum absolute atomic E-state index is 0.103. The zero-order chi connectivity index (χ0) is 15.9. The third-order valence-electron chi connectivity index (χ3n) is 3.31. The van der Waals surface area contributed by atoms with Crippen LogP contribution in [0, 0.1) is 11.3 Å². The first-order chi connectivity index (χ1) is 9.80. The van der Waals surface area contributed by atoms with Crippen molar-refractivity contribution in [2.75, 3.05) is 11.9 Å². The summed E-state index contributed by atoms with van der Waals surface area (Å²) in [5.41, 5.74) is 2.38. The summed E-state index contributed by atoms with van der Waals surface area (Å²) in [7, 11) is 0. The van der Waals surface area contributed by atoms with E-state index in [1.165, 1.54) is 5.56 Å². The lowest BCUT2D eigenvalue weighted by atomic mass is 9.84. The van der Waals surface area contributed by atoms with Crippen LogP contribution in [0.15, 0.2) is 24.3 Å². The molecule has 0 saturated carbocycles. The highest BCUT2D eigenvalue weighted by molar-refractivity contribution is 5.90. The molecule has 0 aromatic heterocycles. The predicted molar refractivity (Wildman–Crippen MR) is 90.3 cm³/mol. The average Bonchev–Trinajstić information content (AvgIpc) is 2.35. The highest BCUT2D eigenvalue weighted by atomic mass is 16.1. The topological polar surface area (TPSA) is 41.1 Å². The van der Waals surface area contributed by atoms with Gasteiger partial charge in [0.2, 0.25) is 5.91 Å². The molecule has 3 heteroatoms. The van der Waals surface area contributed by atoms with Gasteiger partial charge in [0.05, 0.1) is 0 Å². The number of hydrogen-bond acceptors (Lipinski definition) is 2. The molecule has 1 atom stereocenters. The number of carbonyl (C=O) groups is 1. The van der Waals surface area contributed by atoms with Gasteiger partial charge in [-0.1, -0.05) is 46.8 Å². The molecule has 2 N–H and O–H groups in total. The zero-order valence-corrected chi connectivity index (χ0v) is 14.1. The Hall–Kier alpha value is -1.35. The van der Waals surface area contributed by atoms with Gasteiger partial charge in [0.1, 0.15) is 0 Å². The fourth-order valence-electron chi connectivity index (χ4n) is 2.62. The van der Waals surface area contributed by atoms with Crippen LogP contribution < -0.4 is 10.6 Å². The summed E-state index contributed by atoms with van der Waals surface area (Å²) in [5, 5.41) is 6.27. The van der Waals surface area contributed by atoms with Crippen LogP contribution >= 0.6 is 0 Å². The first-order valence-corrected chi connectivity index (χ1v) is 7.89. The van der Waals surface area contributed by atoms with Crippen LogP contribution in [0.2, 0.25) is 0 Å². The number of nitrogens with one attached hydrogen (secondary N) is 2. The molecule has 0 radical (unpaired) electrons. The Morgan fingerprint density at radius 3 is 2.33 bits per heavy atom. The Balaban J connectivity index is 2.44. The van der Waals surface area contributed by atoms with Crippen molar-refractivity contribution in [3.8, 4) is 0 Å². The third kappa shape index (κ3) is 7.86. The van der Waals surface area contributed by atoms with Gasteiger partial charge in [-0.2, -0.15) is 0 Å². The maximum Gasteiger partial charge on any atom is 0.224 e. The molecule has 0 spiro atoms. The second-order valence-corrected chi connectivity index (χ2v) is 7.10. The van der Waals surface area contributed by atoms with Crippen molar-refractivity contribution < 1.29 is 4.79 Å². The second kappa shape index (κ2) is 8.18. The Bertz CT molecular complexity index is 432. The van der Waals surface area contributed by atoms with Gasteiger partial charge in [-0.15, -0.1) is 0 Å². The summed E-state index contributed by atoms with van der Waals surface area (Å²) in [4.78, 5) is 12.0. The van der Waals surface area contributed by atoms with E-state index in [-0.39, 0.29) is 11.3 Å². The molecule has 1 aromatic carbocycles. The smallest absolute Gasteiger partial charge is 0.224 e. The molecular formula is C18H30N2O. The molecule has 0 aliphatic carbocycles. The summed E-state index contributed by atoms with van der Waals surface area (Å²) >= 11 is 0. The average molecular weight is 290 g/mol. The highest BCUT2D eigenvalue weighted by Crippen LogP contribution is 2.26. The van der Waals surface area contributed by atoms with Gasteiger partial charge < -0.3 is 10.6 Å². The van der Waals surface area contributed by atoms with Gasteiger partial charge in [0.15, 0.2) is 0 Å². The summed E-state index contributed by atoms with van der Waals surface area (Å²) in [5.74, 6) is 0.504. The fourth-order valence-corrected chi connectivity index (χ4v) is 2.62. The molecule has 3 nitrogen and oxygen atoms in total. The molecule has 0 heterocycles. The minimum atomic E-state index is 0.103. The fraction of sp³-hybridized carbons (Fsp3) is 0.611. The normalized spacial score (nSPS) is 13.0. The van der Waals surface area contributed by atoms with Gasteiger partial charge in [0, 0.05) is 18.7 Å². The molecular weight excluding hydrogens is 260 g/mol. The van der Waals surface area contributed by atoms with E-state index in [1.54, 1.807) is 0 Å². The number of amides is 1. The van der Waals surface area contributed by atoms with Gasteiger partial charge in [0.25, 0.3) is 0 Å². The second-order valence-electron chi connectivity index (χ2n) is 7.10. The molecule has 0 fully saturated rings. The van der Waals surface area contributed by atoms with Crippen molar-refractivity contribution in [3.05, 3.63) is 29.8 Å². The molecule has 118 valence electrons. The first kappa shape index (κ1) is 17.7. The zero-order valence-electron chi connectivity index (χ0n) is 14.1. The minimum Gasteiger partial charge on any atom is -0.326 e. The number of hydrogen-bond donors (Lipinski definition) is 2. The Morgan fingerprint density at radius 1 is 1.19 bits per heavy atom. The maximum absolute atomic E-state index is 12.0. The van der Waals surface area contributed by atoms with E-state index in [0.29, 0.717) is 12.3 Å². The van der Waals surface area contributed by atoms with Crippen molar-refractivity contribution in [1.29, 1.82) is 0 Å². The third-order valence-corrected chi connectivity index (χ3v) is 3.31. The van der Waals surface area contributed by atoms with Crippen molar-refractivity contribution >= 4 is 11.6 Å². The van der Waals surface area contributed by atoms with Crippen molar-refractivity contribution in [2.45, 2.75) is 54.0 Å². The Labute approximate surface area is 129 Å². The lowest BCUT2D eigenvalue weighted by Gasteiger charge is -2.22. The summed E-state index contributed by atoms with van der Waals surface area (Å²) in [6.07, 6.45) is 1.64. The van der Waals surface area contributed by atoms with Gasteiger partial charge in [-0.25, -0.2) is 0 Å². The molecule has 0 saturated heterocycles. The summed E-state index contributed by atoms with van der Waals surface area (Å²) < 4.78 is 0. The van der Waals surface area contributed by atoms with Crippen LogP contribution in [0.1, 0.15) is 53.0 Å². The molecule has 1 aromatic rings. The van der Waals surface area contributed by atoms with Gasteiger partial charge in [-0.3, -0.25) is 4.79 Å². The van der Waals surface area contributed by atoms with Crippen molar-refractivity contribution in [3.63, 3.8) is 0 Å². The summed E-state index contributed by atoms with van der Waals surface area (Å²) in [6, 6.07) is 8.05. The standard InChI is InChI=1S/C18H30N2O/c1-6-19-13-15-7-9-16(10-8-15)20-17(21)11-14(2)12-18(3,4)5/h7-10,14,19H,6,11-13H2,1-5H3,(H,20,21). The van der Waals surface area contributed by atoms with E-state index in [1.807, 2.05) is 12.1 Å². The Kier molecular flexibility index (Phi) is 6.90. The highest BCUT2D eigenvalue weighted by Gasteiger charge is 2.17. The Morgan fingerprint density at radius 2 is 1.81 bits per heavy atom. The molecule has 21 heavy (non-hydrogen) atoms. The van der Waals surface area contributed by atoms with E-state index in [0.717, 1.165) is 25.2 Å². The lowest BCUT2D eigenvalue weighted by molar-refractivity contribution is -0.117. The number of anilines is 1. The predicted octanol–water partition coefficient (Wildman–Crippen LogP) is 4.20. The van der Waals surface area contributed by atoms with E-state index >= 15 is 0 Å².